The molecule has 1 aliphatic carbocycles. The molecule has 2 aromatic rings. The lowest BCUT2D eigenvalue weighted by molar-refractivity contribution is -0.138. The molecule has 0 radical (unpaired) electrons. The molecule has 38 heavy (non-hydrogen) atoms. The molecule has 1 unspecified atom stereocenters. The molecule has 200 valence electrons. The van der Waals surface area contributed by atoms with E-state index in [1.54, 1.807) is 43.0 Å². The smallest absolute Gasteiger partial charge is 0.381 e. The van der Waals surface area contributed by atoms with Gasteiger partial charge in [0.05, 0.1) is 36.3 Å². The molecule has 0 spiro atoms. The summed E-state index contributed by atoms with van der Waals surface area (Å²) in [4.78, 5) is 28.7. The highest BCUT2D eigenvalue weighted by Crippen LogP contribution is 2.49. The lowest BCUT2D eigenvalue weighted by atomic mass is 9.85. The maximum absolute atomic E-state index is 14.9. The predicted molar refractivity (Wildman–Crippen MR) is 128 cm³/mol. The highest BCUT2D eigenvalue weighted by Gasteiger charge is 2.56. The van der Waals surface area contributed by atoms with E-state index in [4.69, 9.17) is 4.74 Å². The summed E-state index contributed by atoms with van der Waals surface area (Å²) in [5, 5.41) is 12.3. The minimum absolute atomic E-state index is 0.0490. The zero-order valence-corrected chi connectivity index (χ0v) is 20.9. The molecule has 4 atom stereocenters. The van der Waals surface area contributed by atoms with E-state index in [0.717, 1.165) is 18.6 Å². The van der Waals surface area contributed by atoms with Crippen LogP contribution in [0.15, 0.2) is 42.5 Å². The zero-order valence-electron chi connectivity index (χ0n) is 20.9. The van der Waals surface area contributed by atoms with Crippen molar-refractivity contribution < 1.29 is 31.9 Å². The van der Waals surface area contributed by atoms with Crippen LogP contribution in [-0.4, -0.2) is 42.0 Å². The number of halogens is 4. The molecule has 10 heteroatoms. The van der Waals surface area contributed by atoms with Crippen LogP contribution in [0, 0.1) is 29.0 Å². The average molecular weight is 530 g/mol. The van der Waals surface area contributed by atoms with E-state index in [2.05, 4.69) is 11.4 Å². The summed E-state index contributed by atoms with van der Waals surface area (Å²) in [6.45, 7) is 3.96. The SMILES string of the molecule is CC(C)(C#N)c1cccc(C(=O)N2[C@@H](C(=O)N[C@@H](c3ccc(C(F)(F)F)cc3F)C3COC3)CC3C[C@H]32)c1. The molecule has 1 N–H and O–H groups in total. The fourth-order valence-electron chi connectivity index (χ4n) is 5.34. The Bertz CT molecular complexity index is 1320. The quantitative estimate of drug-likeness (QED) is 0.548. The van der Waals surface area contributed by atoms with Gasteiger partial charge in [0.15, 0.2) is 0 Å². The summed E-state index contributed by atoms with van der Waals surface area (Å²) in [6.07, 6.45) is -3.45. The van der Waals surface area contributed by atoms with Crippen LogP contribution in [0.3, 0.4) is 0 Å². The molecule has 2 heterocycles. The largest absolute Gasteiger partial charge is 0.416 e. The van der Waals surface area contributed by atoms with Gasteiger partial charge >= 0.3 is 6.18 Å². The van der Waals surface area contributed by atoms with Crippen LogP contribution in [-0.2, 0) is 21.1 Å². The molecular formula is C28H27F4N3O3. The van der Waals surface area contributed by atoms with Crippen LogP contribution in [0.1, 0.15) is 59.8 Å². The maximum atomic E-state index is 14.9. The van der Waals surface area contributed by atoms with Gasteiger partial charge in [-0.25, -0.2) is 4.39 Å². The summed E-state index contributed by atoms with van der Waals surface area (Å²) >= 11 is 0. The summed E-state index contributed by atoms with van der Waals surface area (Å²) in [7, 11) is 0. The second-order valence-corrected chi connectivity index (χ2v) is 10.9. The molecule has 5 rings (SSSR count). The highest BCUT2D eigenvalue weighted by molar-refractivity contribution is 5.99. The van der Waals surface area contributed by atoms with Crippen molar-refractivity contribution in [3.05, 3.63) is 70.5 Å². The Kier molecular flexibility index (Phi) is 6.46. The van der Waals surface area contributed by atoms with Gasteiger partial charge in [0.25, 0.3) is 5.91 Å². The van der Waals surface area contributed by atoms with Crippen LogP contribution in [0.2, 0.25) is 0 Å². The predicted octanol–water partition coefficient (Wildman–Crippen LogP) is 4.75. The van der Waals surface area contributed by atoms with Crippen molar-refractivity contribution in [2.45, 2.75) is 56.4 Å². The number of rotatable bonds is 6. The van der Waals surface area contributed by atoms with E-state index >= 15 is 0 Å². The van der Waals surface area contributed by atoms with Crippen molar-refractivity contribution in [3.8, 4) is 6.07 Å². The van der Waals surface area contributed by atoms with Gasteiger partial charge in [0, 0.05) is 23.1 Å². The number of ether oxygens (including phenoxy) is 1. The standard InChI is InChI=1S/C28H27F4N3O3/c1-27(2,14-33)18-5-3-4-15(8-18)26(37)35-22-9-16(22)10-23(35)25(36)34-24(17-12-38-13-17)20-7-6-19(11-21(20)29)28(30,31)32/h3-8,11,16-17,22-24H,9-10,12-13H2,1-2H3,(H,34,36)/t16?,22-,23-,24-/m1/s1. The normalized spacial score (nSPS) is 23.7. The number of nitrogens with zero attached hydrogens (tertiary/aromatic N) is 2. The first-order valence-corrected chi connectivity index (χ1v) is 12.5. The third-order valence-corrected chi connectivity index (χ3v) is 7.85. The number of alkyl halides is 3. The Balaban J connectivity index is 1.39. The Morgan fingerprint density at radius 3 is 2.45 bits per heavy atom. The minimum Gasteiger partial charge on any atom is -0.381 e. The Morgan fingerprint density at radius 1 is 1.11 bits per heavy atom. The maximum Gasteiger partial charge on any atom is 0.416 e. The van der Waals surface area contributed by atoms with Crippen LogP contribution in [0.25, 0.3) is 0 Å². The van der Waals surface area contributed by atoms with Crippen molar-refractivity contribution in [2.24, 2.45) is 11.8 Å². The minimum atomic E-state index is -4.69. The van der Waals surface area contributed by atoms with Crippen LogP contribution in [0.4, 0.5) is 17.6 Å². The number of fused-ring (bicyclic) bond motifs is 1. The number of carbonyl (C=O) groups is 2. The average Bonchev–Trinajstić information content (AvgIpc) is 3.50. The van der Waals surface area contributed by atoms with Gasteiger partial charge in [-0.05, 0) is 62.4 Å². The van der Waals surface area contributed by atoms with E-state index in [1.807, 2.05) is 0 Å². The van der Waals surface area contributed by atoms with Gasteiger partial charge in [0.2, 0.25) is 5.91 Å². The third-order valence-electron chi connectivity index (χ3n) is 7.85. The van der Waals surface area contributed by atoms with E-state index < -0.39 is 41.0 Å². The number of carbonyl (C=O) groups excluding carboxylic acids is 2. The lowest BCUT2D eigenvalue weighted by Gasteiger charge is -2.36. The van der Waals surface area contributed by atoms with Gasteiger partial charge in [-0.1, -0.05) is 18.2 Å². The van der Waals surface area contributed by atoms with Crippen LogP contribution in [0.5, 0.6) is 0 Å². The number of amides is 2. The number of nitrogens with one attached hydrogen (secondary N) is 1. The molecule has 2 aliphatic heterocycles. The molecule has 2 saturated heterocycles. The van der Waals surface area contributed by atoms with E-state index in [-0.39, 0.29) is 42.6 Å². The van der Waals surface area contributed by atoms with Gasteiger partial charge in [-0.15, -0.1) is 0 Å². The van der Waals surface area contributed by atoms with Gasteiger partial charge in [0.1, 0.15) is 11.9 Å². The van der Waals surface area contributed by atoms with Crippen molar-refractivity contribution >= 4 is 11.8 Å². The van der Waals surface area contributed by atoms with Gasteiger partial charge in [-0.3, -0.25) is 9.59 Å². The number of hydrogen-bond acceptors (Lipinski definition) is 4. The van der Waals surface area contributed by atoms with Crippen molar-refractivity contribution in [1.29, 1.82) is 5.26 Å². The van der Waals surface area contributed by atoms with Crippen molar-refractivity contribution in [1.82, 2.24) is 10.2 Å². The first kappa shape index (κ1) is 26.2. The highest BCUT2D eigenvalue weighted by atomic mass is 19.4. The number of benzene rings is 2. The molecule has 0 bridgehead atoms. The lowest BCUT2D eigenvalue weighted by Crippen LogP contribution is -2.51. The van der Waals surface area contributed by atoms with Crippen LogP contribution < -0.4 is 5.32 Å². The molecule has 2 amide bonds. The Morgan fingerprint density at radius 2 is 1.84 bits per heavy atom. The molecule has 0 aromatic heterocycles. The van der Waals surface area contributed by atoms with E-state index in [0.29, 0.717) is 23.6 Å². The summed E-state index contributed by atoms with van der Waals surface area (Å²) in [5.74, 6) is -1.99. The Labute approximate surface area is 217 Å². The monoisotopic (exact) mass is 529 g/mol. The van der Waals surface area contributed by atoms with Crippen LogP contribution >= 0.6 is 0 Å². The van der Waals surface area contributed by atoms with Crippen molar-refractivity contribution in [2.75, 3.05) is 13.2 Å². The molecule has 3 fully saturated rings. The molecular weight excluding hydrogens is 502 g/mol. The molecule has 2 aromatic carbocycles. The first-order valence-electron chi connectivity index (χ1n) is 12.5. The first-order chi connectivity index (χ1) is 17.9. The Hall–Kier alpha value is -3.45. The summed E-state index contributed by atoms with van der Waals surface area (Å²) in [5.41, 5.74) is -0.908. The fourth-order valence-corrected chi connectivity index (χ4v) is 5.34. The van der Waals surface area contributed by atoms with Crippen molar-refractivity contribution in [3.63, 3.8) is 0 Å². The third kappa shape index (κ3) is 4.75. The second kappa shape index (κ2) is 9.38. The van der Waals surface area contributed by atoms with Gasteiger partial charge < -0.3 is 15.0 Å². The zero-order chi connectivity index (χ0) is 27.4. The van der Waals surface area contributed by atoms with Gasteiger partial charge in [-0.2, -0.15) is 18.4 Å². The number of hydrogen-bond donors (Lipinski definition) is 1. The number of piperidine rings is 1. The molecule has 1 saturated carbocycles. The summed E-state index contributed by atoms with van der Waals surface area (Å²) < 4.78 is 59.2. The fraction of sp³-hybridized carbons (Fsp3) is 0.464. The number of nitriles is 1. The number of likely N-dealkylation sites (tertiary alicyclic amines) is 1. The summed E-state index contributed by atoms with van der Waals surface area (Å²) in [6, 6.07) is 9.54. The molecule has 6 nitrogen and oxygen atoms in total. The second-order valence-electron chi connectivity index (χ2n) is 10.9. The molecule has 3 aliphatic rings. The van der Waals surface area contributed by atoms with E-state index in [9.17, 15) is 32.4 Å². The van der Waals surface area contributed by atoms with E-state index in [1.165, 1.54) is 0 Å². The topological polar surface area (TPSA) is 82.4 Å².